The summed E-state index contributed by atoms with van der Waals surface area (Å²) in [6.45, 7) is 4.69. The van der Waals surface area contributed by atoms with Gasteiger partial charge in [-0.05, 0) is 23.6 Å². The Balaban J connectivity index is 2.14. The molecule has 0 radical (unpaired) electrons. The van der Waals surface area contributed by atoms with Gasteiger partial charge in [-0.3, -0.25) is 0 Å². The fraction of sp³-hybridized carbons (Fsp3) is 0.389. The molecule has 2 aromatic carbocycles. The number of esters is 1. The van der Waals surface area contributed by atoms with E-state index in [1.54, 1.807) is 12.1 Å². The number of carbonyl (C=O) groups excluding carboxylic acids is 1. The van der Waals surface area contributed by atoms with E-state index in [0.717, 1.165) is 10.8 Å². The number of aliphatic hydroxyl groups is 1. The Labute approximate surface area is 136 Å². The number of nitrogens with one attached hydrogen (secondary N) is 1. The second-order valence-corrected chi connectivity index (χ2v) is 5.71. The van der Waals surface area contributed by atoms with Crippen LogP contribution in [0.25, 0.3) is 10.8 Å². The molecule has 0 heterocycles. The average molecular weight is 317 g/mol. The van der Waals surface area contributed by atoms with Crippen molar-refractivity contribution in [3.05, 3.63) is 42.0 Å². The van der Waals surface area contributed by atoms with Crippen molar-refractivity contribution in [1.29, 1.82) is 0 Å². The number of hydrogen-bond acceptors (Lipinski definition) is 5. The number of fused-ring (bicyclic) bond motifs is 1. The van der Waals surface area contributed by atoms with Gasteiger partial charge in [0.25, 0.3) is 0 Å². The minimum Gasteiger partial charge on any atom is -0.490 e. The van der Waals surface area contributed by atoms with Crippen molar-refractivity contribution in [2.75, 3.05) is 20.3 Å². The molecule has 0 aliphatic heterocycles. The Bertz CT molecular complexity index is 669. The lowest BCUT2D eigenvalue weighted by Crippen LogP contribution is -2.35. The van der Waals surface area contributed by atoms with Crippen LogP contribution in [-0.2, 0) is 4.74 Å². The second-order valence-electron chi connectivity index (χ2n) is 5.71. The molecule has 0 saturated carbocycles. The lowest BCUT2D eigenvalue weighted by atomic mass is 10.1. The van der Waals surface area contributed by atoms with E-state index in [-0.39, 0.29) is 12.6 Å². The molecule has 0 bridgehead atoms. The molecule has 0 spiro atoms. The normalized spacial score (nSPS) is 12.4. The van der Waals surface area contributed by atoms with E-state index in [9.17, 15) is 9.90 Å². The van der Waals surface area contributed by atoms with Crippen LogP contribution in [0.1, 0.15) is 24.2 Å². The van der Waals surface area contributed by atoms with Crippen LogP contribution in [0.5, 0.6) is 5.75 Å². The van der Waals surface area contributed by atoms with E-state index in [1.807, 2.05) is 38.1 Å². The van der Waals surface area contributed by atoms with Crippen LogP contribution in [0, 0.1) is 0 Å². The Morgan fingerprint density at radius 3 is 2.74 bits per heavy atom. The maximum absolute atomic E-state index is 11.7. The maximum atomic E-state index is 11.7. The second kappa shape index (κ2) is 7.94. The van der Waals surface area contributed by atoms with Gasteiger partial charge in [0.15, 0.2) is 0 Å². The number of carbonyl (C=O) groups is 1. The zero-order valence-electron chi connectivity index (χ0n) is 13.7. The van der Waals surface area contributed by atoms with Gasteiger partial charge < -0.3 is 19.9 Å². The number of rotatable bonds is 7. The topological polar surface area (TPSA) is 67.8 Å². The summed E-state index contributed by atoms with van der Waals surface area (Å²) in [4.78, 5) is 11.7. The highest BCUT2D eigenvalue weighted by Gasteiger charge is 2.11. The zero-order chi connectivity index (χ0) is 16.8. The highest BCUT2D eigenvalue weighted by Crippen LogP contribution is 2.27. The number of methoxy groups -OCH3 is 1. The molecule has 0 aromatic heterocycles. The van der Waals surface area contributed by atoms with Crippen LogP contribution in [0.2, 0.25) is 0 Å². The van der Waals surface area contributed by atoms with Crippen molar-refractivity contribution in [3.8, 4) is 5.75 Å². The molecular formula is C18H23NO4. The van der Waals surface area contributed by atoms with Crippen LogP contribution in [-0.4, -0.2) is 43.5 Å². The number of benzene rings is 2. The van der Waals surface area contributed by atoms with Gasteiger partial charge in [0.1, 0.15) is 18.5 Å². The first kappa shape index (κ1) is 17.2. The van der Waals surface area contributed by atoms with Crippen LogP contribution in [0.4, 0.5) is 0 Å². The van der Waals surface area contributed by atoms with Gasteiger partial charge in [0.2, 0.25) is 0 Å². The lowest BCUT2D eigenvalue weighted by Gasteiger charge is -2.16. The van der Waals surface area contributed by atoms with Crippen molar-refractivity contribution >= 4 is 16.7 Å². The van der Waals surface area contributed by atoms with Crippen molar-refractivity contribution in [1.82, 2.24) is 5.32 Å². The smallest absolute Gasteiger partial charge is 0.337 e. The molecule has 1 atom stereocenters. The first-order valence-corrected chi connectivity index (χ1v) is 7.66. The lowest BCUT2D eigenvalue weighted by molar-refractivity contribution is 0.0601. The molecule has 0 amide bonds. The Morgan fingerprint density at radius 2 is 2.04 bits per heavy atom. The van der Waals surface area contributed by atoms with Gasteiger partial charge in [-0.15, -0.1) is 0 Å². The van der Waals surface area contributed by atoms with Crippen LogP contribution in [0.3, 0.4) is 0 Å². The number of aliphatic hydroxyl groups excluding tert-OH is 1. The van der Waals surface area contributed by atoms with Gasteiger partial charge in [-0.1, -0.05) is 32.0 Å². The van der Waals surface area contributed by atoms with Gasteiger partial charge in [0, 0.05) is 18.0 Å². The predicted molar refractivity (Wildman–Crippen MR) is 89.9 cm³/mol. The van der Waals surface area contributed by atoms with E-state index < -0.39 is 6.10 Å². The minimum absolute atomic E-state index is 0.182. The van der Waals surface area contributed by atoms with Crippen molar-refractivity contribution in [2.45, 2.75) is 26.0 Å². The SMILES string of the molecule is COC(=O)c1ccc2cccc(OCC(O)CNC(C)C)c2c1. The van der Waals surface area contributed by atoms with Crippen LogP contribution >= 0.6 is 0 Å². The quantitative estimate of drug-likeness (QED) is 0.767. The van der Waals surface area contributed by atoms with E-state index in [2.05, 4.69) is 5.32 Å². The Morgan fingerprint density at radius 1 is 1.26 bits per heavy atom. The van der Waals surface area contributed by atoms with E-state index in [1.165, 1.54) is 7.11 Å². The first-order valence-electron chi connectivity index (χ1n) is 7.66. The third kappa shape index (κ3) is 4.68. The fourth-order valence-corrected chi connectivity index (χ4v) is 2.23. The van der Waals surface area contributed by atoms with Gasteiger partial charge in [0.05, 0.1) is 12.7 Å². The summed E-state index contributed by atoms with van der Waals surface area (Å²) in [6.07, 6.45) is -0.601. The summed E-state index contributed by atoms with van der Waals surface area (Å²) in [6, 6.07) is 11.3. The standard InChI is InChI=1S/C18H23NO4/c1-12(2)19-10-15(20)11-23-17-6-4-5-13-7-8-14(9-16(13)17)18(21)22-3/h4-9,12,15,19-20H,10-11H2,1-3H3. The molecule has 5 nitrogen and oxygen atoms in total. The molecule has 2 rings (SSSR count). The van der Waals surface area contributed by atoms with Crippen molar-refractivity contribution < 1.29 is 19.4 Å². The molecule has 0 aliphatic rings. The summed E-state index contributed by atoms with van der Waals surface area (Å²) in [5, 5.41) is 14.9. The molecule has 0 aliphatic carbocycles. The highest BCUT2D eigenvalue weighted by molar-refractivity contribution is 5.97. The highest BCUT2D eigenvalue weighted by atomic mass is 16.5. The molecule has 1 unspecified atom stereocenters. The molecule has 2 N–H and O–H groups in total. The van der Waals surface area contributed by atoms with Crippen LogP contribution in [0.15, 0.2) is 36.4 Å². The zero-order valence-corrected chi connectivity index (χ0v) is 13.7. The number of ether oxygens (including phenoxy) is 2. The summed E-state index contributed by atoms with van der Waals surface area (Å²) in [5.74, 6) is 0.250. The maximum Gasteiger partial charge on any atom is 0.337 e. The van der Waals surface area contributed by atoms with Gasteiger partial charge in [-0.2, -0.15) is 0 Å². The van der Waals surface area contributed by atoms with E-state index in [4.69, 9.17) is 9.47 Å². The molecule has 124 valence electrons. The first-order chi connectivity index (χ1) is 11.0. The van der Waals surface area contributed by atoms with Crippen LogP contribution < -0.4 is 10.1 Å². The largest absolute Gasteiger partial charge is 0.490 e. The average Bonchev–Trinajstić information content (AvgIpc) is 2.56. The Kier molecular flexibility index (Phi) is 5.96. The van der Waals surface area contributed by atoms with Gasteiger partial charge in [-0.25, -0.2) is 4.79 Å². The summed E-state index contributed by atoms with van der Waals surface area (Å²) < 4.78 is 10.5. The molecule has 2 aromatic rings. The predicted octanol–water partition coefficient (Wildman–Crippen LogP) is 2.36. The third-order valence-corrected chi connectivity index (χ3v) is 3.46. The van der Waals surface area contributed by atoms with E-state index in [0.29, 0.717) is 23.9 Å². The summed E-state index contributed by atoms with van der Waals surface area (Å²) in [7, 11) is 1.35. The molecule has 23 heavy (non-hydrogen) atoms. The Hall–Kier alpha value is -2.11. The molecule has 0 fully saturated rings. The minimum atomic E-state index is -0.601. The van der Waals surface area contributed by atoms with Crippen molar-refractivity contribution in [2.24, 2.45) is 0 Å². The third-order valence-electron chi connectivity index (χ3n) is 3.46. The summed E-state index contributed by atoms with van der Waals surface area (Å²) >= 11 is 0. The fourth-order valence-electron chi connectivity index (χ4n) is 2.23. The molecular weight excluding hydrogens is 294 g/mol. The van der Waals surface area contributed by atoms with Crippen molar-refractivity contribution in [3.63, 3.8) is 0 Å². The molecule has 0 saturated heterocycles. The monoisotopic (exact) mass is 317 g/mol. The molecule has 5 heteroatoms. The van der Waals surface area contributed by atoms with Gasteiger partial charge >= 0.3 is 5.97 Å². The number of hydrogen-bond donors (Lipinski definition) is 2. The van der Waals surface area contributed by atoms with E-state index >= 15 is 0 Å². The summed E-state index contributed by atoms with van der Waals surface area (Å²) in [5.41, 5.74) is 0.470.